The molecule has 0 radical (unpaired) electrons. The molecule has 142 valence electrons. The molecule has 0 bridgehead atoms. The minimum absolute atomic E-state index is 0.0833. The van der Waals surface area contributed by atoms with Gasteiger partial charge in [-0.25, -0.2) is 0 Å². The summed E-state index contributed by atoms with van der Waals surface area (Å²) >= 11 is 0. The summed E-state index contributed by atoms with van der Waals surface area (Å²) in [4.78, 5) is 18.5. The monoisotopic (exact) mass is 366 g/mol. The molecule has 1 unspecified atom stereocenters. The highest BCUT2D eigenvalue weighted by Crippen LogP contribution is 2.36. The molecule has 2 aliphatic heterocycles. The second-order valence-corrected chi connectivity index (χ2v) is 7.47. The summed E-state index contributed by atoms with van der Waals surface area (Å²) in [5, 5.41) is 0. The zero-order valence-electron chi connectivity index (χ0n) is 15.5. The molecule has 0 saturated carbocycles. The topological polar surface area (TPSA) is 51.7 Å². The highest BCUT2D eigenvalue weighted by Gasteiger charge is 2.41. The largest absolute Gasteiger partial charge is 0.375 e. The van der Waals surface area contributed by atoms with Crippen molar-refractivity contribution in [1.82, 2.24) is 9.88 Å². The Bertz CT molecular complexity index is 743. The van der Waals surface area contributed by atoms with Crippen molar-refractivity contribution in [2.45, 2.75) is 44.0 Å². The van der Waals surface area contributed by atoms with Crippen molar-refractivity contribution in [2.75, 3.05) is 19.7 Å². The lowest BCUT2D eigenvalue weighted by Crippen LogP contribution is -2.52. The van der Waals surface area contributed by atoms with E-state index in [9.17, 15) is 4.79 Å². The average Bonchev–Trinajstić information content (AvgIpc) is 2.74. The Morgan fingerprint density at radius 2 is 1.89 bits per heavy atom. The Kier molecular flexibility index (Phi) is 5.50. The number of rotatable bonds is 4. The van der Waals surface area contributed by atoms with E-state index in [1.54, 1.807) is 24.5 Å². The van der Waals surface area contributed by atoms with Crippen molar-refractivity contribution in [1.29, 1.82) is 0 Å². The summed E-state index contributed by atoms with van der Waals surface area (Å²) in [5.41, 5.74) is 1.76. The standard InChI is InChI=1S/C22H26N2O3/c25-21(19-6-11-23-12-7-19)24-13-9-22(10-14-24)16-20(8-15-27-22)26-17-18-4-2-1-3-5-18/h1-7,11-12,20H,8-10,13-17H2. The highest BCUT2D eigenvalue weighted by molar-refractivity contribution is 5.94. The van der Waals surface area contributed by atoms with Gasteiger partial charge in [0.25, 0.3) is 5.91 Å². The highest BCUT2D eigenvalue weighted by atomic mass is 16.5. The number of ether oxygens (including phenoxy) is 2. The average molecular weight is 366 g/mol. The molecule has 1 spiro atoms. The number of aromatic nitrogens is 1. The van der Waals surface area contributed by atoms with Crippen LogP contribution < -0.4 is 0 Å². The lowest BCUT2D eigenvalue weighted by Gasteiger charge is -2.46. The lowest BCUT2D eigenvalue weighted by molar-refractivity contribution is -0.154. The molecule has 2 fully saturated rings. The van der Waals surface area contributed by atoms with E-state index in [1.165, 1.54) is 5.56 Å². The van der Waals surface area contributed by atoms with Gasteiger partial charge in [-0.15, -0.1) is 0 Å². The van der Waals surface area contributed by atoms with E-state index in [0.717, 1.165) is 45.4 Å². The van der Waals surface area contributed by atoms with Gasteiger partial charge in [-0.2, -0.15) is 0 Å². The van der Waals surface area contributed by atoms with Crippen LogP contribution in [0.1, 0.15) is 41.6 Å². The van der Waals surface area contributed by atoms with E-state index < -0.39 is 0 Å². The van der Waals surface area contributed by atoms with Crippen LogP contribution in [0.25, 0.3) is 0 Å². The molecule has 3 heterocycles. The summed E-state index contributed by atoms with van der Waals surface area (Å²) < 4.78 is 12.4. The van der Waals surface area contributed by atoms with Crippen molar-refractivity contribution in [3.05, 3.63) is 66.0 Å². The van der Waals surface area contributed by atoms with E-state index in [4.69, 9.17) is 9.47 Å². The van der Waals surface area contributed by atoms with Gasteiger partial charge in [0.15, 0.2) is 0 Å². The summed E-state index contributed by atoms with van der Waals surface area (Å²) in [6, 6.07) is 13.8. The summed E-state index contributed by atoms with van der Waals surface area (Å²) in [5.74, 6) is 0.0833. The van der Waals surface area contributed by atoms with Crippen molar-refractivity contribution in [2.24, 2.45) is 0 Å². The molecule has 2 aliphatic rings. The van der Waals surface area contributed by atoms with Crippen molar-refractivity contribution < 1.29 is 14.3 Å². The number of nitrogens with zero attached hydrogens (tertiary/aromatic N) is 2. The number of carbonyl (C=O) groups excluding carboxylic acids is 1. The van der Waals surface area contributed by atoms with E-state index in [-0.39, 0.29) is 17.6 Å². The Morgan fingerprint density at radius 3 is 2.63 bits per heavy atom. The molecule has 0 aliphatic carbocycles. The molecular formula is C22H26N2O3. The first-order chi connectivity index (χ1) is 13.2. The van der Waals surface area contributed by atoms with Crippen LogP contribution in [0.5, 0.6) is 0 Å². The first kappa shape index (κ1) is 18.1. The first-order valence-corrected chi connectivity index (χ1v) is 9.73. The Balaban J connectivity index is 1.31. The maximum atomic E-state index is 12.6. The fourth-order valence-electron chi connectivity index (χ4n) is 4.06. The Morgan fingerprint density at radius 1 is 1.15 bits per heavy atom. The van der Waals surface area contributed by atoms with Crippen molar-refractivity contribution >= 4 is 5.91 Å². The van der Waals surface area contributed by atoms with E-state index in [2.05, 4.69) is 17.1 Å². The smallest absolute Gasteiger partial charge is 0.253 e. The minimum atomic E-state index is -0.144. The minimum Gasteiger partial charge on any atom is -0.375 e. The van der Waals surface area contributed by atoms with E-state index >= 15 is 0 Å². The predicted octanol–water partition coefficient (Wildman–Crippen LogP) is 3.45. The van der Waals surface area contributed by atoms with Crippen LogP contribution in [0.15, 0.2) is 54.9 Å². The molecular weight excluding hydrogens is 340 g/mol. The Labute approximate surface area is 160 Å². The molecule has 5 nitrogen and oxygen atoms in total. The molecule has 1 aromatic heterocycles. The zero-order chi connectivity index (χ0) is 18.5. The molecule has 2 saturated heterocycles. The molecule has 2 aromatic rings. The third kappa shape index (κ3) is 4.37. The number of carbonyl (C=O) groups is 1. The molecule has 1 aromatic carbocycles. The van der Waals surface area contributed by atoms with E-state index in [1.807, 2.05) is 23.1 Å². The normalized spacial score (nSPS) is 21.9. The van der Waals surface area contributed by atoms with Gasteiger partial charge >= 0.3 is 0 Å². The number of piperidine rings is 1. The van der Waals surface area contributed by atoms with Crippen LogP contribution in [-0.2, 0) is 16.1 Å². The van der Waals surface area contributed by atoms with Gasteiger partial charge < -0.3 is 14.4 Å². The second kappa shape index (κ2) is 8.19. The van der Waals surface area contributed by atoms with Crippen LogP contribution in [0, 0.1) is 0 Å². The van der Waals surface area contributed by atoms with Crippen LogP contribution in [0.3, 0.4) is 0 Å². The van der Waals surface area contributed by atoms with Crippen molar-refractivity contribution in [3.8, 4) is 0 Å². The molecule has 5 heteroatoms. The van der Waals surface area contributed by atoms with Crippen LogP contribution in [0.2, 0.25) is 0 Å². The zero-order valence-corrected chi connectivity index (χ0v) is 15.5. The molecule has 4 rings (SSSR count). The van der Waals surface area contributed by atoms with Gasteiger partial charge in [-0.05, 0) is 37.0 Å². The van der Waals surface area contributed by atoms with Gasteiger partial charge in [0.05, 0.1) is 18.3 Å². The summed E-state index contributed by atoms with van der Waals surface area (Å²) in [6.07, 6.45) is 7.14. The number of hydrogen-bond acceptors (Lipinski definition) is 4. The van der Waals surface area contributed by atoms with Gasteiger partial charge in [-0.3, -0.25) is 9.78 Å². The number of likely N-dealkylation sites (tertiary alicyclic amines) is 1. The van der Waals surface area contributed by atoms with Crippen LogP contribution in [-0.4, -0.2) is 47.2 Å². The SMILES string of the molecule is O=C(c1ccncc1)N1CCC2(CC1)CC(OCc1ccccc1)CCO2. The van der Waals surface area contributed by atoms with Gasteiger partial charge in [0, 0.05) is 44.1 Å². The number of pyridine rings is 1. The van der Waals surface area contributed by atoms with E-state index in [0.29, 0.717) is 12.2 Å². The Hall–Kier alpha value is -2.24. The first-order valence-electron chi connectivity index (χ1n) is 9.73. The second-order valence-electron chi connectivity index (χ2n) is 7.47. The summed E-state index contributed by atoms with van der Waals surface area (Å²) in [7, 11) is 0. The maximum Gasteiger partial charge on any atom is 0.253 e. The molecule has 27 heavy (non-hydrogen) atoms. The number of amides is 1. The third-order valence-corrected chi connectivity index (χ3v) is 5.67. The number of hydrogen-bond donors (Lipinski definition) is 0. The van der Waals surface area contributed by atoms with Gasteiger partial charge in [-0.1, -0.05) is 30.3 Å². The van der Waals surface area contributed by atoms with Gasteiger partial charge in [0.2, 0.25) is 0 Å². The quantitative estimate of drug-likeness (QED) is 0.832. The van der Waals surface area contributed by atoms with Crippen molar-refractivity contribution in [3.63, 3.8) is 0 Å². The fourth-order valence-corrected chi connectivity index (χ4v) is 4.06. The van der Waals surface area contributed by atoms with Crippen LogP contribution in [0.4, 0.5) is 0 Å². The molecule has 1 amide bonds. The molecule has 1 atom stereocenters. The van der Waals surface area contributed by atoms with Gasteiger partial charge in [0.1, 0.15) is 0 Å². The predicted molar refractivity (Wildman–Crippen MR) is 102 cm³/mol. The van der Waals surface area contributed by atoms with Crippen LogP contribution >= 0.6 is 0 Å². The molecule has 0 N–H and O–H groups in total. The third-order valence-electron chi connectivity index (χ3n) is 5.67. The summed E-state index contributed by atoms with van der Waals surface area (Å²) in [6.45, 7) is 2.84. The maximum absolute atomic E-state index is 12.6. The number of benzene rings is 1. The fraction of sp³-hybridized carbons (Fsp3) is 0.455. The lowest BCUT2D eigenvalue weighted by atomic mass is 9.83.